The number of hydrogen-bond acceptors (Lipinski definition) is 6. The molecule has 1 aliphatic rings. The molecular weight excluding hydrogens is 416 g/mol. The molecule has 5 aromatic rings. The van der Waals surface area contributed by atoms with Crippen molar-refractivity contribution < 1.29 is 0 Å². The number of anilines is 1. The first-order chi connectivity index (χ1) is 15.7. The number of thiophene rings is 1. The highest BCUT2D eigenvalue weighted by molar-refractivity contribution is 7.17. The molecule has 0 aliphatic carbocycles. The van der Waals surface area contributed by atoms with Crippen LogP contribution < -0.4 is 4.90 Å². The first kappa shape index (κ1) is 19.4. The van der Waals surface area contributed by atoms with Gasteiger partial charge in [-0.2, -0.15) is 0 Å². The third-order valence-electron chi connectivity index (χ3n) is 6.18. The van der Waals surface area contributed by atoms with Gasteiger partial charge in [0.15, 0.2) is 0 Å². The van der Waals surface area contributed by atoms with Crippen molar-refractivity contribution in [1.82, 2.24) is 24.3 Å². The van der Waals surface area contributed by atoms with Gasteiger partial charge in [-0.1, -0.05) is 35.9 Å². The Morgan fingerprint density at radius 2 is 1.81 bits per heavy atom. The maximum Gasteiger partial charge on any atom is 0.141 e. The fourth-order valence-electron chi connectivity index (χ4n) is 4.45. The number of nitrogens with zero attached hydrogens (tertiary/aromatic N) is 6. The lowest BCUT2D eigenvalue weighted by Crippen LogP contribution is -2.46. The summed E-state index contributed by atoms with van der Waals surface area (Å²) >= 11 is 1.70. The Bertz CT molecular complexity index is 1350. The molecule has 0 unspecified atom stereocenters. The largest absolute Gasteiger partial charge is 0.353 e. The highest BCUT2D eigenvalue weighted by atomic mass is 32.1. The summed E-state index contributed by atoms with van der Waals surface area (Å²) in [5.41, 5.74) is 5.85. The van der Waals surface area contributed by atoms with E-state index in [1.165, 1.54) is 22.1 Å². The minimum Gasteiger partial charge on any atom is -0.353 e. The van der Waals surface area contributed by atoms with Crippen molar-refractivity contribution in [2.75, 3.05) is 31.1 Å². The van der Waals surface area contributed by atoms with Crippen LogP contribution in [0.4, 0.5) is 5.82 Å². The van der Waals surface area contributed by atoms with E-state index in [1.54, 1.807) is 17.7 Å². The normalized spacial score (nSPS) is 15.1. The summed E-state index contributed by atoms with van der Waals surface area (Å²) in [6.07, 6.45) is 5.89. The van der Waals surface area contributed by atoms with Crippen molar-refractivity contribution in [2.45, 2.75) is 13.5 Å². The molecule has 0 amide bonds. The molecule has 0 saturated carbocycles. The molecule has 0 spiro atoms. The summed E-state index contributed by atoms with van der Waals surface area (Å²) in [5, 5.41) is 3.39. The third-order valence-corrected chi connectivity index (χ3v) is 7.07. The van der Waals surface area contributed by atoms with Gasteiger partial charge in [0.2, 0.25) is 0 Å². The molecule has 1 saturated heterocycles. The van der Waals surface area contributed by atoms with E-state index >= 15 is 0 Å². The molecule has 0 bridgehead atoms. The molecule has 1 fully saturated rings. The van der Waals surface area contributed by atoms with Crippen molar-refractivity contribution in [2.24, 2.45) is 0 Å². The monoisotopic (exact) mass is 440 g/mol. The third kappa shape index (κ3) is 3.53. The van der Waals surface area contributed by atoms with Crippen molar-refractivity contribution in [3.63, 3.8) is 0 Å². The molecule has 6 nitrogen and oxygen atoms in total. The van der Waals surface area contributed by atoms with Gasteiger partial charge in [-0.25, -0.2) is 15.0 Å². The van der Waals surface area contributed by atoms with Crippen LogP contribution in [0.15, 0.2) is 66.6 Å². The van der Waals surface area contributed by atoms with E-state index in [0.717, 1.165) is 54.7 Å². The minimum atomic E-state index is 0.877. The maximum absolute atomic E-state index is 4.76. The van der Waals surface area contributed by atoms with Gasteiger partial charge in [-0.3, -0.25) is 4.90 Å². The van der Waals surface area contributed by atoms with Crippen molar-refractivity contribution in [3.05, 3.63) is 77.8 Å². The fourth-order valence-corrected chi connectivity index (χ4v) is 5.37. The Labute approximate surface area is 190 Å². The van der Waals surface area contributed by atoms with Crippen LogP contribution in [0.25, 0.3) is 27.0 Å². The average Bonchev–Trinajstić information content (AvgIpc) is 3.44. The zero-order valence-electron chi connectivity index (χ0n) is 18.0. The standard InChI is InChI=1S/C25H24N6S/c1-18-5-7-19(8-6-18)21-16-32-25-23(21)24(26-17-27-25)30-12-10-29(11-13-30)14-20-15-31-9-3-2-4-22(31)28-20/h2-9,15-17H,10-14H2,1H3. The first-order valence-corrected chi connectivity index (χ1v) is 11.8. The second-order valence-corrected chi connectivity index (χ2v) is 9.21. The SMILES string of the molecule is Cc1ccc(-c2csc3ncnc(N4CCN(Cc5cn6ccccc6n5)CC4)c23)cc1. The van der Waals surface area contributed by atoms with E-state index in [2.05, 4.69) is 68.1 Å². The number of piperazine rings is 1. The quantitative estimate of drug-likeness (QED) is 0.408. The number of imidazole rings is 1. The molecule has 1 aromatic carbocycles. The molecule has 32 heavy (non-hydrogen) atoms. The highest BCUT2D eigenvalue weighted by Crippen LogP contribution is 2.38. The summed E-state index contributed by atoms with van der Waals surface area (Å²) in [5.74, 6) is 1.05. The predicted molar refractivity (Wildman–Crippen MR) is 130 cm³/mol. The van der Waals surface area contributed by atoms with Crippen LogP contribution in [0.2, 0.25) is 0 Å². The minimum absolute atomic E-state index is 0.877. The van der Waals surface area contributed by atoms with Gasteiger partial charge in [-0.05, 0) is 24.6 Å². The number of rotatable bonds is 4. The van der Waals surface area contributed by atoms with E-state index < -0.39 is 0 Å². The van der Waals surface area contributed by atoms with E-state index in [4.69, 9.17) is 9.97 Å². The average molecular weight is 441 g/mol. The maximum atomic E-state index is 4.76. The summed E-state index contributed by atoms with van der Waals surface area (Å²) < 4.78 is 2.09. The first-order valence-electron chi connectivity index (χ1n) is 10.9. The lowest BCUT2D eigenvalue weighted by Gasteiger charge is -2.35. The van der Waals surface area contributed by atoms with Crippen LogP contribution in [0.1, 0.15) is 11.3 Å². The molecule has 5 heterocycles. The molecular formula is C25H24N6S. The molecule has 6 rings (SSSR count). The summed E-state index contributed by atoms with van der Waals surface area (Å²) in [7, 11) is 0. The van der Waals surface area contributed by atoms with Crippen LogP contribution in [0, 0.1) is 6.92 Å². The zero-order valence-corrected chi connectivity index (χ0v) is 18.8. The molecule has 4 aromatic heterocycles. The summed E-state index contributed by atoms with van der Waals surface area (Å²) in [6, 6.07) is 14.8. The van der Waals surface area contributed by atoms with Gasteiger partial charge in [0.05, 0.1) is 11.1 Å². The highest BCUT2D eigenvalue weighted by Gasteiger charge is 2.23. The van der Waals surface area contributed by atoms with Gasteiger partial charge in [0.1, 0.15) is 22.6 Å². The predicted octanol–water partition coefficient (Wildman–Crippen LogP) is 4.64. The van der Waals surface area contributed by atoms with Gasteiger partial charge >= 0.3 is 0 Å². The molecule has 1 aliphatic heterocycles. The van der Waals surface area contributed by atoms with Crippen molar-refractivity contribution in [3.8, 4) is 11.1 Å². The number of hydrogen-bond donors (Lipinski definition) is 0. The fraction of sp³-hybridized carbons (Fsp3) is 0.240. The second kappa shape index (κ2) is 8.00. The number of aryl methyl sites for hydroxylation is 1. The Kier molecular flexibility index (Phi) is 4.85. The van der Waals surface area contributed by atoms with E-state index in [-0.39, 0.29) is 0 Å². The van der Waals surface area contributed by atoms with E-state index in [1.807, 2.05) is 18.2 Å². The molecule has 0 atom stereocenters. The van der Waals surface area contributed by atoms with Crippen LogP contribution in [0.5, 0.6) is 0 Å². The number of benzene rings is 1. The Morgan fingerprint density at radius 3 is 2.62 bits per heavy atom. The number of aromatic nitrogens is 4. The van der Waals surface area contributed by atoms with Gasteiger partial charge in [0.25, 0.3) is 0 Å². The zero-order chi connectivity index (χ0) is 21.5. The van der Waals surface area contributed by atoms with E-state index in [9.17, 15) is 0 Å². The van der Waals surface area contributed by atoms with Crippen molar-refractivity contribution >= 4 is 33.0 Å². The second-order valence-electron chi connectivity index (χ2n) is 8.35. The molecule has 160 valence electrons. The Balaban J connectivity index is 1.23. The Hall–Kier alpha value is -3.29. The van der Waals surface area contributed by atoms with Crippen LogP contribution in [-0.4, -0.2) is 50.4 Å². The molecule has 0 N–H and O–H groups in total. The Morgan fingerprint density at radius 1 is 0.969 bits per heavy atom. The topological polar surface area (TPSA) is 49.6 Å². The van der Waals surface area contributed by atoms with Gasteiger partial charge in [-0.15, -0.1) is 11.3 Å². The lowest BCUT2D eigenvalue weighted by atomic mass is 10.0. The van der Waals surface area contributed by atoms with Crippen molar-refractivity contribution in [1.29, 1.82) is 0 Å². The van der Waals surface area contributed by atoms with E-state index in [0.29, 0.717) is 0 Å². The van der Waals surface area contributed by atoms with Gasteiger partial charge < -0.3 is 9.30 Å². The van der Waals surface area contributed by atoms with Crippen LogP contribution >= 0.6 is 11.3 Å². The molecule has 7 heteroatoms. The van der Waals surface area contributed by atoms with Crippen LogP contribution in [-0.2, 0) is 6.54 Å². The smallest absolute Gasteiger partial charge is 0.141 e. The molecule has 0 radical (unpaired) electrons. The van der Waals surface area contributed by atoms with Crippen LogP contribution in [0.3, 0.4) is 0 Å². The summed E-state index contributed by atoms with van der Waals surface area (Å²) in [4.78, 5) is 20.0. The number of pyridine rings is 1. The summed E-state index contributed by atoms with van der Waals surface area (Å²) in [6.45, 7) is 6.87. The lowest BCUT2D eigenvalue weighted by molar-refractivity contribution is 0.247. The van der Waals surface area contributed by atoms with Gasteiger partial charge in [0, 0.05) is 56.1 Å². The number of fused-ring (bicyclic) bond motifs is 2.